The standard InChI is InChI=1S/C23H36N4O2/c1-17-7-5-8-18(2)23(17)24-21(28)15-25-11-13-26(14-12-25)16-22(29)27-19(3)9-6-10-20(27)4/h5,7-8,19-20H,6,9-16H2,1-4H3,(H,24,28)/t19-,20-/m0/s1. The van der Waals surface area contributed by atoms with Gasteiger partial charge in [0.05, 0.1) is 13.1 Å². The van der Waals surface area contributed by atoms with E-state index >= 15 is 0 Å². The maximum absolute atomic E-state index is 12.8. The predicted molar refractivity (Wildman–Crippen MR) is 117 cm³/mol. The van der Waals surface area contributed by atoms with E-state index in [-0.39, 0.29) is 11.8 Å². The van der Waals surface area contributed by atoms with E-state index in [2.05, 4.69) is 33.9 Å². The number of piperazine rings is 1. The Balaban J connectivity index is 1.44. The number of nitrogens with zero attached hydrogens (tertiary/aromatic N) is 3. The van der Waals surface area contributed by atoms with E-state index < -0.39 is 0 Å². The van der Waals surface area contributed by atoms with Crippen LogP contribution in [0.15, 0.2) is 18.2 Å². The lowest BCUT2D eigenvalue weighted by Gasteiger charge is -2.41. The van der Waals surface area contributed by atoms with Gasteiger partial charge >= 0.3 is 0 Å². The lowest BCUT2D eigenvalue weighted by Crippen LogP contribution is -2.54. The highest BCUT2D eigenvalue weighted by Gasteiger charge is 2.30. The van der Waals surface area contributed by atoms with Crippen molar-refractivity contribution in [2.45, 2.75) is 59.0 Å². The van der Waals surface area contributed by atoms with E-state index in [1.165, 1.54) is 6.42 Å². The fourth-order valence-electron chi connectivity index (χ4n) is 4.69. The summed E-state index contributed by atoms with van der Waals surface area (Å²) in [5.41, 5.74) is 3.09. The summed E-state index contributed by atoms with van der Waals surface area (Å²) >= 11 is 0. The Morgan fingerprint density at radius 1 is 0.931 bits per heavy atom. The van der Waals surface area contributed by atoms with Crippen LogP contribution in [0.3, 0.4) is 0 Å². The third-order valence-electron chi connectivity index (χ3n) is 6.42. The summed E-state index contributed by atoms with van der Waals surface area (Å²) in [4.78, 5) is 31.8. The summed E-state index contributed by atoms with van der Waals surface area (Å²) in [5.74, 6) is 0.286. The Labute approximate surface area is 175 Å². The number of benzene rings is 1. The summed E-state index contributed by atoms with van der Waals surface area (Å²) in [6.45, 7) is 12.6. The molecule has 0 saturated carbocycles. The van der Waals surface area contributed by atoms with Crippen LogP contribution in [0.25, 0.3) is 0 Å². The van der Waals surface area contributed by atoms with Gasteiger partial charge in [0, 0.05) is 44.0 Å². The van der Waals surface area contributed by atoms with E-state index in [0.717, 1.165) is 55.8 Å². The van der Waals surface area contributed by atoms with Crippen molar-refractivity contribution in [3.63, 3.8) is 0 Å². The number of aryl methyl sites for hydroxylation is 2. The SMILES string of the molecule is Cc1cccc(C)c1NC(=O)CN1CCN(CC(=O)N2[C@@H](C)CCC[C@@H]2C)CC1. The van der Waals surface area contributed by atoms with E-state index in [9.17, 15) is 9.59 Å². The molecule has 2 atom stereocenters. The molecule has 2 aliphatic heterocycles. The molecule has 6 nitrogen and oxygen atoms in total. The number of amides is 2. The van der Waals surface area contributed by atoms with Crippen LogP contribution in [0, 0.1) is 13.8 Å². The molecule has 1 aromatic rings. The van der Waals surface area contributed by atoms with Gasteiger partial charge in [-0.15, -0.1) is 0 Å². The molecule has 1 N–H and O–H groups in total. The van der Waals surface area contributed by atoms with Gasteiger partial charge in [-0.05, 0) is 58.1 Å². The highest BCUT2D eigenvalue weighted by atomic mass is 16.2. The number of carbonyl (C=O) groups excluding carboxylic acids is 2. The third-order valence-corrected chi connectivity index (χ3v) is 6.42. The highest BCUT2D eigenvalue weighted by Crippen LogP contribution is 2.23. The summed E-state index contributed by atoms with van der Waals surface area (Å²) in [6.07, 6.45) is 3.44. The molecule has 0 spiro atoms. The number of likely N-dealkylation sites (tertiary alicyclic amines) is 1. The molecule has 160 valence electrons. The zero-order valence-corrected chi connectivity index (χ0v) is 18.4. The van der Waals surface area contributed by atoms with Gasteiger partial charge in [-0.3, -0.25) is 19.4 Å². The average molecular weight is 401 g/mol. The fraction of sp³-hybridized carbons (Fsp3) is 0.652. The Bertz CT molecular complexity index is 697. The summed E-state index contributed by atoms with van der Waals surface area (Å²) in [5, 5.41) is 3.07. The second-order valence-corrected chi connectivity index (χ2v) is 8.80. The first kappa shape index (κ1) is 21.8. The second kappa shape index (κ2) is 9.72. The number of rotatable bonds is 5. The van der Waals surface area contributed by atoms with Crippen molar-refractivity contribution >= 4 is 17.5 Å². The molecule has 2 heterocycles. The number of para-hydroxylation sites is 1. The van der Waals surface area contributed by atoms with Gasteiger partial charge in [0.15, 0.2) is 0 Å². The molecule has 2 fully saturated rings. The van der Waals surface area contributed by atoms with E-state index in [0.29, 0.717) is 25.2 Å². The van der Waals surface area contributed by atoms with Gasteiger partial charge in [-0.2, -0.15) is 0 Å². The number of hydrogen-bond donors (Lipinski definition) is 1. The van der Waals surface area contributed by atoms with Crippen molar-refractivity contribution < 1.29 is 9.59 Å². The molecule has 6 heteroatoms. The Kier molecular flexibility index (Phi) is 7.30. The molecule has 2 saturated heterocycles. The van der Waals surface area contributed by atoms with E-state index in [1.54, 1.807) is 0 Å². The Hall–Kier alpha value is -1.92. The van der Waals surface area contributed by atoms with Gasteiger partial charge < -0.3 is 10.2 Å². The van der Waals surface area contributed by atoms with Crippen LogP contribution in [0.2, 0.25) is 0 Å². The quantitative estimate of drug-likeness (QED) is 0.826. The highest BCUT2D eigenvalue weighted by molar-refractivity contribution is 5.93. The number of hydrogen-bond acceptors (Lipinski definition) is 4. The van der Waals surface area contributed by atoms with Crippen LogP contribution in [-0.2, 0) is 9.59 Å². The molecule has 0 unspecified atom stereocenters. The van der Waals surface area contributed by atoms with Crippen molar-refractivity contribution in [1.29, 1.82) is 0 Å². The van der Waals surface area contributed by atoms with Crippen molar-refractivity contribution in [2.24, 2.45) is 0 Å². The van der Waals surface area contributed by atoms with Gasteiger partial charge in [-0.25, -0.2) is 0 Å². The van der Waals surface area contributed by atoms with Gasteiger partial charge in [0.25, 0.3) is 0 Å². The average Bonchev–Trinajstić information content (AvgIpc) is 2.66. The predicted octanol–water partition coefficient (Wildman–Crippen LogP) is 2.65. The summed E-state index contributed by atoms with van der Waals surface area (Å²) < 4.78 is 0. The van der Waals surface area contributed by atoms with Crippen molar-refractivity contribution in [1.82, 2.24) is 14.7 Å². The van der Waals surface area contributed by atoms with Gasteiger partial charge in [0.1, 0.15) is 0 Å². The molecule has 3 rings (SSSR count). The second-order valence-electron chi connectivity index (χ2n) is 8.80. The minimum atomic E-state index is 0.0305. The Morgan fingerprint density at radius 2 is 1.45 bits per heavy atom. The molecule has 2 aliphatic rings. The first-order chi connectivity index (χ1) is 13.8. The van der Waals surface area contributed by atoms with Gasteiger partial charge in [-0.1, -0.05) is 18.2 Å². The molecule has 1 aromatic carbocycles. The maximum atomic E-state index is 12.8. The number of anilines is 1. The number of carbonyl (C=O) groups is 2. The summed E-state index contributed by atoms with van der Waals surface area (Å²) in [7, 11) is 0. The molecule has 2 amide bonds. The van der Waals surface area contributed by atoms with E-state index in [1.807, 2.05) is 32.0 Å². The molecule has 29 heavy (non-hydrogen) atoms. The molecular formula is C23H36N4O2. The zero-order valence-electron chi connectivity index (χ0n) is 18.4. The largest absolute Gasteiger partial charge is 0.336 e. The smallest absolute Gasteiger partial charge is 0.238 e. The topological polar surface area (TPSA) is 55.9 Å². The minimum Gasteiger partial charge on any atom is -0.336 e. The third kappa shape index (κ3) is 5.58. The molecule has 0 bridgehead atoms. The van der Waals surface area contributed by atoms with Crippen LogP contribution in [-0.4, -0.2) is 77.9 Å². The normalized spacial score (nSPS) is 23.8. The monoisotopic (exact) mass is 400 g/mol. The minimum absolute atomic E-state index is 0.0305. The first-order valence-electron chi connectivity index (χ1n) is 11.0. The lowest BCUT2D eigenvalue weighted by molar-refractivity contribution is -0.139. The van der Waals surface area contributed by atoms with Crippen LogP contribution >= 0.6 is 0 Å². The summed E-state index contributed by atoms with van der Waals surface area (Å²) in [6, 6.07) is 6.74. The zero-order chi connectivity index (χ0) is 21.0. The molecular weight excluding hydrogens is 364 g/mol. The molecule has 0 aliphatic carbocycles. The Morgan fingerprint density at radius 3 is 2.00 bits per heavy atom. The molecule has 0 radical (unpaired) electrons. The van der Waals surface area contributed by atoms with Crippen LogP contribution in [0.4, 0.5) is 5.69 Å². The van der Waals surface area contributed by atoms with Crippen LogP contribution in [0.1, 0.15) is 44.2 Å². The van der Waals surface area contributed by atoms with Crippen molar-refractivity contribution in [2.75, 3.05) is 44.6 Å². The fourth-order valence-corrected chi connectivity index (χ4v) is 4.69. The number of piperidine rings is 1. The van der Waals surface area contributed by atoms with Crippen molar-refractivity contribution in [3.05, 3.63) is 29.3 Å². The van der Waals surface area contributed by atoms with Crippen LogP contribution in [0.5, 0.6) is 0 Å². The first-order valence-corrected chi connectivity index (χ1v) is 11.0. The maximum Gasteiger partial charge on any atom is 0.238 e. The van der Waals surface area contributed by atoms with Gasteiger partial charge in [0.2, 0.25) is 11.8 Å². The number of nitrogens with one attached hydrogen (secondary N) is 1. The lowest BCUT2D eigenvalue weighted by atomic mass is 9.97. The molecule has 0 aromatic heterocycles. The van der Waals surface area contributed by atoms with Crippen LogP contribution < -0.4 is 5.32 Å². The van der Waals surface area contributed by atoms with Crippen molar-refractivity contribution in [3.8, 4) is 0 Å². The van der Waals surface area contributed by atoms with E-state index in [4.69, 9.17) is 0 Å².